The minimum atomic E-state index is -0.330. The van der Waals surface area contributed by atoms with E-state index in [-0.39, 0.29) is 17.9 Å². The van der Waals surface area contributed by atoms with Gasteiger partial charge in [-0.1, -0.05) is 0 Å². The third kappa shape index (κ3) is 4.94. The van der Waals surface area contributed by atoms with E-state index < -0.39 is 0 Å². The van der Waals surface area contributed by atoms with Crippen LogP contribution in [-0.2, 0) is 9.59 Å². The van der Waals surface area contributed by atoms with Crippen molar-refractivity contribution < 1.29 is 9.59 Å². The molecule has 1 unspecified atom stereocenters. The van der Waals surface area contributed by atoms with Crippen LogP contribution in [0, 0.1) is 11.3 Å². The predicted octanol–water partition coefficient (Wildman–Crippen LogP) is 2.20. The molecule has 0 saturated carbocycles. The van der Waals surface area contributed by atoms with Gasteiger partial charge in [-0.05, 0) is 93.8 Å². The van der Waals surface area contributed by atoms with Crippen molar-refractivity contribution in [2.45, 2.75) is 51.0 Å². The van der Waals surface area contributed by atoms with Crippen LogP contribution in [0.15, 0.2) is 24.3 Å². The number of piperidine rings is 3. The molecule has 0 bridgehead atoms. The van der Waals surface area contributed by atoms with E-state index in [0.717, 1.165) is 24.7 Å². The van der Waals surface area contributed by atoms with E-state index in [4.69, 9.17) is 0 Å². The Morgan fingerprint density at radius 2 is 1.72 bits per heavy atom. The summed E-state index contributed by atoms with van der Waals surface area (Å²) in [4.78, 5) is 28.5. The van der Waals surface area contributed by atoms with Crippen molar-refractivity contribution in [2.75, 3.05) is 56.0 Å². The van der Waals surface area contributed by atoms with Crippen molar-refractivity contribution in [1.29, 1.82) is 0 Å². The second-order valence-corrected chi connectivity index (χ2v) is 10.4. The molecule has 4 saturated heterocycles. The Labute approximate surface area is 191 Å². The molecule has 4 aliphatic heterocycles. The van der Waals surface area contributed by atoms with Crippen LogP contribution in [0.4, 0.5) is 11.4 Å². The molecule has 7 nitrogen and oxygen atoms in total. The molecule has 4 fully saturated rings. The number of amides is 2. The number of carbonyl (C=O) groups is 2. The standard InChI is InChI=1S/C25H37N5O2/c31-23-6-5-22(24(32)28-23)27-20-1-3-21(4-2-20)30-13-7-19(8-14-30)17-29-15-10-25(11-16-29)9-12-26-18-25/h1-4,19,22,26-27H,5-18H2,(H,28,31,32). The van der Waals surface area contributed by atoms with Crippen molar-refractivity contribution in [3.8, 4) is 0 Å². The summed E-state index contributed by atoms with van der Waals surface area (Å²) in [5.74, 6) is 0.411. The molecule has 32 heavy (non-hydrogen) atoms. The summed E-state index contributed by atoms with van der Waals surface area (Å²) in [5, 5.41) is 9.23. The Balaban J connectivity index is 1.06. The van der Waals surface area contributed by atoms with Crippen LogP contribution >= 0.6 is 0 Å². The van der Waals surface area contributed by atoms with Crippen LogP contribution in [0.2, 0.25) is 0 Å². The van der Waals surface area contributed by atoms with Gasteiger partial charge in [0, 0.05) is 44.0 Å². The first-order valence-corrected chi connectivity index (χ1v) is 12.5. The maximum Gasteiger partial charge on any atom is 0.249 e. The summed E-state index contributed by atoms with van der Waals surface area (Å²) in [7, 11) is 0. The lowest BCUT2D eigenvalue weighted by Gasteiger charge is -2.41. The smallest absolute Gasteiger partial charge is 0.249 e. The van der Waals surface area contributed by atoms with E-state index in [0.29, 0.717) is 18.3 Å². The summed E-state index contributed by atoms with van der Waals surface area (Å²) in [5.41, 5.74) is 2.79. The van der Waals surface area contributed by atoms with Crippen LogP contribution in [0.5, 0.6) is 0 Å². The van der Waals surface area contributed by atoms with E-state index in [1.165, 1.54) is 70.5 Å². The highest BCUT2D eigenvalue weighted by atomic mass is 16.2. The van der Waals surface area contributed by atoms with Crippen LogP contribution in [0.25, 0.3) is 0 Å². The van der Waals surface area contributed by atoms with Crippen molar-refractivity contribution >= 4 is 23.2 Å². The lowest BCUT2D eigenvalue weighted by molar-refractivity contribution is -0.133. The SMILES string of the molecule is O=C1CCC(Nc2ccc(N3CCC(CN4CCC5(CCNC5)CC4)CC3)cc2)C(=O)N1. The molecular weight excluding hydrogens is 402 g/mol. The first-order chi connectivity index (χ1) is 15.6. The molecular formula is C25H37N5O2. The Kier molecular flexibility index (Phi) is 6.37. The zero-order chi connectivity index (χ0) is 22.0. The molecule has 0 radical (unpaired) electrons. The first kappa shape index (κ1) is 21.7. The molecule has 7 heteroatoms. The Hall–Kier alpha value is -2.12. The molecule has 4 aliphatic rings. The molecule has 4 heterocycles. The van der Waals surface area contributed by atoms with Gasteiger partial charge >= 0.3 is 0 Å². The van der Waals surface area contributed by atoms with Crippen molar-refractivity contribution in [3.63, 3.8) is 0 Å². The van der Waals surface area contributed by atoms with E-state index in [9.17, 15) is 9.59 Å². The molecule has 1 aromatic carbocycles. The second kappa shape index (κ2) is 9.40. The van der Waals surface area contributed by atoms with Gasteiger partial charge in [-0.2, -0.15) is 0 Å². The zero-order valence-corrected chi connectivity index (χ0v) is 19.1. The fourth-order valence-electron chi connectivity index (χ4n) is 5.97. The molecule has 174 valence electrons. The summed E-state index contributed by atoms with van der Waals surface area (Å²) < 4.78 is 0. The van der Waals surface area contributed by atoms with Crippen molar-refractivity contribution in [2.24, 2.45) is 11.3 Å². The summed E-state index contributed by atoms with van der Waals surface area (Å²) >= 11 is 0. The number of hydrogen-bond donors (Lipinski definition) is 3. The number of nitrogens with one attached hydrogen (secondary N) is 3. The molecule has 1 spiro atoms. The summed E-state index contributed by atoms with van der Waals surface area (Å²) in [6.45, 7) is 8.52. The fourth-order valence-corrected chi connectivity index (χ4v) is 5.97. The highest BCUT2D eigenvalue weighted by Gasteiger charge is 2.37. The lowest BCUT2D eigenvalue weighted by atomic mass is 9.77. The maximum absolute atomic E-state index is 12.0. The minimum absolute atomic E-state index is 0.179. The molecule has 2 amide bonds. The monoisotopic (exact) mass is 439 g/mol. The normalized spacial score (nSPS) is 27.0. The number of rotatable bonds is 5. The maximum atomic E-state index is 12.0. The third-order valence-corrected chi connectivity index (χ3v) is 8.19. The Morgan fingerprint density at radius 3 is 2.38 bits per heavy atom. The van der Waals surface area contributed by atoms with Crippen LogP contribution in [0.1, 0.15) is 44.9 Å². The van der Waals surface area contributed by atoms with Crippen molar-refractivity contribution in [3.05, 3.63) is 24.3 Å². The Morgan fingerprint density at radius 1 is 0.969 bits per heavy atom. The largest absolute Gasteiger partial charge is 0.374 e. The van der Waals surface area contributed by atoms with Crippen molar-refractivity contribution in [1.82, 2.24) is 15.5 Å². The summed E-state index contributed by atoms with van der Waals surface area (Å²) in [6.07, 6.45) is 7.59. The molecule has 1 atom stereocenters. The van der Waals surface area contributed by atoms with Gasteiger partial charge < -0.3 is 20.4 Å². The fraction of sp³-hybridized carbons (Fsp3) is 0.680. The molecule has 5 rings (SSSR count). The Bertz CT molecular complexity index is 802. The first-order valence-electron chi connectivity index (χ1n) is 12.5. The number of imide groups is 1. The number of hydrogen-bond acceptors (Lipinski definition) is 6. The highest BCUT2D eigenvalue weighted by molar-refractivity contribution is 6.01. The van der Waals surface area contributed by atoms with Gasteiger partial charge in [0.25, 0.3) is 0 Å². The lowest BCUT2D eigenvalue weighted by Crippen LogP contribution is -2.47. The number of likely N-dealkylation sites (tertiary alicyclic amines) is 1. The second-order valence-electron chi connectivity index (χ2n) is 10.4. The van der Waals surface area contributed by atoms with Gasteiger partial charge in [0.2, 0.25) is 11.8 Å². The van der Waals surface area contributed by atoms with Gasteiger partial charge in [-0.3, -0.25) is 14.9 Å². The molecule has 0 aliphatic carbocycles. The number of carbonyl (C=O) groups excluding carboxylic acids is 2. The van der Waals surface area contributed by atoms with Gasteiger partial charge in [-0.25, -0.2) is 0 Å². The average molecular weight is 440 g/mol. The van der Waals surface area contributed by atoms with E-state index in [1.54, 1.807) is 0 Å². The van der Waals surface area contributed by atoms with Gasteiger partial charge in [0.05, 0.1) is 0 Å². The number of benzene rings is 1. The van der Waals surface area contributed by atoms with E-state index in [1.807, 2.05) is 12.1 Å². The predicted molar refractivity (Wildman–Crippen MR) is 127 cm³/mol. The van der Waals surface area contributed by atoms with Crippen LogP contribution in [0.3, 0.4) is 0 Å². The minimum Gasteiger partial charge on any atom is -0.374 e. The van der Waals surface area contributed by atoms with Gasteiger partial charge in [0.1, 0.15) is 6.04 Å². The van der Waals surface area contributed by atoms with Gasteiger partial charge in [0.15, 0.2) is 0 Å². The molecule has 3 N–H and O–H groups in total. The summed E-state index contributed by atoms with van der Waals surface area (Å²) in [6, 6.07) is 8.06. The van der Waals surface area contributed by atoms with Crippen LogP contribution in [-0.4, -0.2) is 68.6 Å². The highest BCUT2D eigenvalue weighted by Crippen LogP contribution is 2.37. The average Bonchev–Trinajstić information content (AvgIpc) is 3.27. The van der Waals surface area contributed by atoms with E-state index >= 15 is 0 Å². The number of nitrogens with zero attached hydrogens (tertiary/aromatic N) is 2. The zero-order valence-electron chi connectivity index (χ0n) is 19.1. The molecule has 1 aromatic rings. The topological polar surface area (TPSA) is 76.7 Å². The van der Waals surface area contributed by atoms with Crippen LogP contribution < -0.4 is 20.9 Å². The van der Waals surface area contributed by atoms with Gasteiger partial charge in [-0.15, -0.1) is 0 Å². The quantitative estimate of drug-likeness (QED) is 0.611. The van der Waals surface area contributed by atoms with E-state index in [2.05, 4.69) is 37.9 Å². The molecule has 0 aromatic heterocycles. The number of anilines is 2. The third-order valence-electron chi connectivity index (χ3n) is 8.19.